The van der Waals surface area contributed by atoms with Crippen molar-refractivity contribution >= 4 is 28.7 Å². The molecule has 3 N–H and O–H groups in total. The highest BCUT2D eigenvalue weighted by Crippen LogP contribution is 2.28. The number of aromatic amines is 1. The molecule has 0 bridgehead atoms. The number of hydrogen-bond donors (Lipinski definition) is 3. The molecule has 0 aliphatic rings. The van der Waals surface area contributed by atoms with E-state index in [0.29, 0.717) is 13.1 Å². The van der Waals surface area contributed by atoms with Gasteiger partial charge in [0, 0.05) is 49.0 Å². The number of aryl methyl sites for hydroxylation is 1. The second-order valence-electron chi connectivity index (χ2n) is 10.2. The lowest BCUT2D eigenvalue weighted by Crippen LogP contribution is -2.33. The van der Waals surface area contributed by atoms with Crippen molar-refractivity contribution in [1.29, 1.82) is 0 Å². The fourth-order valence-electron chi connectivity index (χ4n) is 4.13. The Balaban J connectivity index is 0.000000459. The lowest BCUT2D eigenvalue weighted by Gasteiger charge is -2.24. The van der Waals surface area contributed by atoms with E-state index >= 15 is 0 Å². The molecule has 17 heteroatoms. The molecule has 1 amide bonds. The maximum Gasteiger partial charge on any atom is 0.490 e. The smallest absolute Gasteiger partial charge is 0.490 e. The van der Waals surface area contributed by atoms with Gasteiger partial charge in [0.2, 0.25) is 0 Å². The minimum atomic E-state index is -5.08. The number of fused-ring (bicyclic) bond motifs is 1. The summed E-state index contributed by atoms with van der Waals surface area (Å²) in [7, 11) is 7.75. The van der Waals surface area contributed by atoms with Crippen LogP contribution in [0.25, 0.3) is 22.0 Å². The van der Waals surface area contributed by atoms with E-state index in [1.807, 2.05) is 65.3 Å². The molecule has 0 saturated carbocycles. The molecule has 0 atom stereocenters. The summed E-state index contributed by atoms with van der Waals surface area (Å²) >= 11 is 0. The van der Waals surface area contributed by atoms with Gasteiger partial charge in [-0.3, -0.25) is 9.89 Å². The van der Waals surface area contributed by atoms with E-state index in [0.717, 1.165) is 51.9 Å². The molecule has 11 nitrogen and oxygen atoms in total. The van der Waals surface area contributed by atoms with Crippen molar-refractivity contribution in [3.8, 4) is 16.9 Å². The van der Waals surface area contributed by atoms with Crippen LogP contribution in [0.4, 0.5) is 26.3 Å². The summed E-state index contributed by atoms with van der Waals surface area (Å²) < 4.78 is 70.9. The van der Waals surface area contributed by atoms with E-state index in [1.54, 1.807) is 13.3 Å². The topological polar surface area (TPSA) is 141 Å². The number of carboxylic acids is 2. The van der Waals surface area contributed by atoms with Gasteiger partial charge in [0.1, 0.15) is 5.75 Å². The molecule has 4 rings (SSSR count). The number of hydrogen-bond acceptors (Lipinski definition) is 6. The number of carbonyl (C=O) groups excluding carboxylic acids is 1. The lowest BCUT2D eigenvalue weighted by molar-refractivity contribution is -0.193. The second-order valence-corrected chi connectivity index (χ2v) is 10.2. The molecular formula is C30H33F6N5O6. The van der Waals surface area contributed by atoms with Gasteiger partial charge in [-0.05, 0) is 56.4 Å². The van der Waals surface area contributed by atoms with Crippen LogP contribution < -0.4 is 4.74 Å². The number of carbonyl (C=O) groups is 3. The monoisotopic (exact) mass is 673 g/mol. The van der Waals surface area contributed by atoms with E-state index in [2.05, 4.69) is 35.3 Å². The highest BCUT2D eigenvalue weighted by atomic mass is 19.4. The molecular weight excluding hydrogens is 640 g/mol. The van der Waals surface area contributed by atoms with Gasteiger partial charge in [-0.1, -0.05) is 24.3 Å². The lowest BCUT2D eigenvalue weighted by atomic mass is 10.1. The predicted molar refractivity (Wildman–Crippen MR) is 159 cm³/mol. The number of carboxylic acid groups (broad SMARTS) is 2. The molecule has 0 fully saturated rings. The minimum absolute atomic E-state index is 0.0400. The Bertz CT molecular complexity index is 1610. The van der Waals surface area contributed by atoms with Crippen molar-refractivity contribution in [1.82, 2.24) is 24.6 Å². The summed E-state index contributed by atoms with van der Waals surface area (Å²) in [6, 6.07) is 14.1. The van der Waals surface area contributed by atoms with Crippen LogP contribution in [0.2, 0.25) is 0 Å². The number of halogens is 6. The zero-order valence-corrected chi connectivity index (χ0v) is 25.7. The number of aromatic nitrogens is 3. The van der Waals surface area contributed by atoms with Crippen molar-refractivity contribution in [2.24, 2.45) is 7.05 Å². The van der Waals surface area contributed by atoms with Crippen molar-refractivity contribution in [2.75, 3.05) is 34.3 Å². The summed E-state index contributed by atoms with van der Waals surface area (Å²) in [5.74, 6) is -4.68. The van der Waals surface area contributed by atoms with Crippen LogP contribution in [0.3, 0.4) is 0 Å². The maximum atomic E-state index is 13.8. The van der Waals surface area contributed by atoms with Gasteiger partial charge in [-0.25, -0.2) is 9.59 Å². The summed E-state index contributed by atoms with van der Waals surface area (Å²) in [4.78, 5) is 35.6. The maximum absolute atomic E-state index is 13.8. The molecule has 0 unspecified atom stereocenters. The zero-order valence-electron chi connectivity index (χ0n) is 25.7. The number of benzene rings is 2. The normalized spacial score (nSPS) is 11.3. The van der Waals surface area contributed by atoms with Gasteiger partial charge in [0.05, 0.1) is 18.9 Å². The van der Waals surface area contributed by atoms with Crippen molar-refractivity contribution < 1.29 is 55.7 Å². The Kier molecular flexibility index (Phi) is 13.4. The molecule has 0 radical (unpaired) electrons. The molecule has 2 aromatic carbocycles. The number of nitrogens with zero attached hydrogens (tertiary/aromatic N) is 4. The van der Waals surface area contributed by atoms with E-state index < -0.39 is 24.3 Å². The third-order valence-corrected chi connectivity index (χ3v) is 6.37. The van der Waals surface area contributed by atoms with E-state index in [9.17, 15) is 31.1 Å². The Morgan fingerprint density at radius 3 is 2.06 bits per heavy atom. The summed E-state index contributed by atoms with van der Waals surface area (Å²) in [6.07, 6.45) is -3.65. The average molecular weight is 674 g/mol. The molecule has 256 valence electrons. The van der Waals surface area contributed by atoms with Crippen LogP contribution in [0.1, 0.15) is 22.3 Å². The molecule has 47 heavy (non-hydrogen) atoms. The van der Waals surface area contributed by atoms with Gasteiger partial charge in [0.15, 0.2) is 0 Å². The molecule has 0 spiro atoms. The first kappa shape index (κ1) is 38.1. The van der Waals surface area contributed by atoms with Crippen LogP contribution >= 0.6 is 0 Å². The molecule has 0 saturated heterocycles. The summed E-state index contributed by atoms with van der Waals surface area (Å²) in [5.41, 5.74) is 4.88. The first-order valence-corrected chi connectivity index (χ1v) is 13.6. The summed E-state index contributed by atoms with van der Waals surface area (Å²) in [6.45, 7) is 2.14. The number of amides is 1. The van der Waals surface area contributed by atoms with Crippen LogP contribution in [-0.2, 0) is 23.2 Å². The van der Waals surface area contributed by atoms with E-state index in [-0.39, 0.29) is 5.91 Å². The molecule has 2 aromatic heterocycles. The zero-order chi connectivity index (χ0) is 35.5. The Labute approximate surface area is 264 Å². The fourth-order valence-corrected chi connectivity index (χ4v) is 4.13. The van der Waals surface area contributed by atoms with Crippen molar-refractivity contribution in [3.63, 3.8) is 0 Å². The second kappa shape index (κ2) is 16.5. The van der Waals surface area contributed by atoms with Gasteiger partial charge < -0.3 is 29.3 Å². The number of aliphatic carboxylic acids is 2. The predicted octanol–water partition coefficient (Wildman–Crippen LogP) is 5.44. The van der Waals surface area contributed by atoms with Gasteiger partial charge in [0.25, 0.3) is 5.91 Å². The highest BCUT2D eigenvalue weighted by molar-refractivity contribution is 6.07. The molecule has 4 aromatic rings. The minimum Gasteiger partial charge on any atom is -0.497 e. The Hall–Kier alpha value is -5.06. The first-order chi connectivity index (χ1) is 21.8. The fraction of sp³-hybridized carbons (Fsp3) is 0.333. The van der Waals surface area contributed by atoms with Gasteiger partial charge >= 0.3 is 24.3 Å². The largest absolute Gasteiger partial charge is 0.497 e. The quantitative estimate of drug-likeness (QED) is 0.200. The SMILES string of the molecule is COc1cccc(CN(CCCN(C)C)C(=O)c2cn(C)c3cc(-c4cn[nH]c4)ccc23)c1.O=C(O)C(F)(F)F.O=C(O)C(F)(F)F. The third-order valence-electron chi connectivity index (χ3n) is 6.37. The number of rotatable bonds is 9. The number of methoxy groups -OCH3 is 1. The Morgan fingerprint density at radius 1 is 0.936 bits per heavy atom. The molecule has 0 aliphatic carbocycles. The van der Waals surface area contributed by atoms with E-state index in [1.165, 1.54) is 0 Å². The average Bonchev–Trinajstić information content (AvgIpc) is 3.64. The van der Waals surface area contributed by atoms with Gasteiger partial charge in [-0.2, -0.15) is 31.4 Å². The van der Waals surface area contributed by atoms with Crippen LogP contribution in [0.5, 0.6) is 5.75 Å². The standard InChI is InChI=1S/C26H31N5O2.2C2HF3O2/c1-29(2)11-6-12-31(17-19-7-5-8-22(13-19)33-4)26(32)24-18-30(3)25-14-20(9-10-23(24)25)21-15-27-28-16-21;2*3-2(4,5)1(6)7/h5,7-10,13-16,18H,6,11-12,17H2,1-4H3,(H,27,28);2*(H,6,7). The number of ether oxygens (including phenoxy) is 1. The van der Waals surface area contributed by atoms with E-state index in [4.69, 9.17) is 24.5 Å². The Morgan fingerprint density at radius 2 is 1.55 bits per heavy atom. The number of H-pyrrole nitrogens is 1. The van der Waals surface area contributed by atoms with Crippen LogP contribution in [0, 0.1) is 0 Å². The number of nitrogens with one attached hydrogen (secondary N) is 1. The van der Waals surface area contributed by atoms with Crippen molar-refractivity contribution in [3.05, 3.63) is 72.2 Å². The van der Waals surface area contributed by atoms with Gasteiger partial charge in [-0.15, -0.1) is 0 Å². The third kappa shape index (κ3) is 11.7. The van der Waals surface area contributed by atoms with Crippen LogP contribution in [0.15, 0.2) is 61.1 Å². The van der Waals surface area contributed by atoms with Crippen LogP contribution in [-0.4, -0.2) is 99.3 Å². The molecule has 0 aliphatic heterocycles. The highest BCUT2D eigenvalue weighted by Gasteiger charge is 2.38. The molecule has 2 heterocycles. The first-order valence-electron chi connectivity index (χ1n) is 13.6. The number of alkyl halides is 6. The summed E-state index contributed by atoms with van der Waals surface area (Å²) in [5, 5.41) is 22.1. The van der Waals surface area contributed by atoms with Crippen molar-refractivity contribution in [2.45, 2.75) is 25.3 Å².